The number of benzene rings is 3. The van der Waals surface area contributed by atoms with Crippen LogP contribution >= 0.6 is 0 Å². The van der Waals surface area contributed by atoms with E-state index < -0.39 is 0 Å². The minimum atomic E-state index is 0.605. The van der Waals surface area contributed by atoms with E-state index in [1.165, 1.54) is 0 Å². The van der Waals surface area contributed by atoms with Crippen molar-refractivity contribution in [3.05, 3.63) is 77.6 Å². The maximum absolute atomic E-state index is 9.84. The minimum Gasteiger partial charge on any atom is -0.456 e. The van der Waals surface area contributed by atoms with Gasteiger partial charge in [-0.15, -0.1) is 0 Å². The van der Waals surface area contributed by atoms with Crippen molar-refractivity contribution in [2.24, 2.45) is 0 Å². The highest BCUT2D eigenvalue weighted by molar-refractivity contribution is 6.16. The number of allylic oxidation sites excluding steroid dienone is 1. The van der Waals surface area contributed by atoms with Gasteiger partial charge in [0.1, 0.15) is 22.5 Å². The molecule has 0 saturated heterocycles. The van der Waals surface area contributed by atoms with Crippen LogP contribution < -0.4 is 0 Å². The fraction of sp³-hybridized carbons (Fsp3) is 0.148. The SMILES string of the molecule is C/C=C\c1oc2c(-c3c(C#N)ccc4oc5ccccc5c34)cccc2c1C.CC. The van der Waals surface area contributed by atoms with Crippen LogP contribution in [0.15, 0.2) is 69.5 Å². The summed E-state index contributed by atoms with van der Waals surface area (Å²) >= 11 is 0. The molecule has 0 radical (unpaired) electrons. The topological polar surface area (TPSA) is 50.1 Å². The average Bonchev–Trinajstić information content (AvgIpc) is 3.32. The van der Waals surface area contributed by atoms with Gasteiger partial charge >= 0.3 is 0 Å². The van der Waals surface area contributed by atoms with Gasteiger partial charge in [-0.05, 0) is 38.1 Å². The van der Waals surface area contributed by atoms with E-state index in [1.54, 1.807) is 0 Å². The molecule has 0 aliphatic carbocycles. The fourth-order valence-corrected chi connectivity index (χ4v) is 3.96. The van der Waals surface area contributed by atoms with Crippen LogP contribution in [0.1, 0.15) is 37.7 Å². The molecule has 0 spiro atoms. The normalized spacial score (nSPS) is 11.2. The largest absolute Gasteiger partial charge is 0.456 e. The Morgan fingerprint density at radius 2 is 1.63 bits per heavy atom. The number of nitriles is 1. The number of furan rings is 2. The van der Waals surface area contributed by atoms with Crippen LogP contribution in [-0.2, 0) is 0 Å². The second-order valence-electron chi connectivity index (χ2n) is 6.84. The smallest absolute Gasteiger partial charge is 0.142 e. The third kappa shape index (κ3) is 2.89. The lowest BCUT2D eigenvalue weighted by atomic mass is 9.93. The Bertz CT molecular complexity index is 1440. The summed E-state index contributed by atoms with van der Waals surface area (Å²) in [5.41, 5.74) is 5.84. The van der Waals surface area contributed by atoms with Crippen molar-refractivity contribution in [1.29, 1.82) is 5.26 Å². The number of nitrogens with zero attached hydrogens (tertiary/aromatic N) is 1. The number of hydrogen-bond donors (Lipinski definition) is 0. The maximum atomic E-state index is 9.84. The number of rotatable bonds is 2. The van der Waals surface area contributed by atoms with E-state index >= 15 is 0 Å². The molecule has 0 N–H and O–H groups in total. The standard InChI is InChI=1S/C25H17NO2.C2H6/c1-3-7-20-15(2)17-9-6-10-19(25(17)28-20)23-16(14-26)12-13-22-24(23)18-8-4-5-11-21(18)27-22;1-2/h3-13H,1-2H3;1-2H3/b7-3-;. The second kappa shape index (κ2) is 7.93. The molecule has 0 amide bonds. The fourth-order valence-electron chi connectivity index (χ4n) is 3.96. The molecule has 0 aliphatic heterocycles. The monoisotopic (exact) mass is 393 g/mol. The summed E-state index contributed by atoms with van der Waals surface area (Å²) in [6, 6.07) is 20.1. The summed E-state index contributed by atoms with van der Waals surface area (Å²) in [6.07, 6.45) is 3.94. The molecule has 5 rings (SSSR count). The molecular formula is C27H23NO2. The predicted molar refractivity (Wildman–Crippen MR) is 124 cm³/mol. The summed E-state index contributed by atoms with van der Waals surface area (Å²) in [5, 5.41) is 12.8. The van der Waals surface area contributed by atoms with Crippen LogP contribution in [0.5, 0.6) is 0 Å². The molecule has 0 fully saturated rings. The molecule has 0 atom stereocenters. The molecule has 3 heteroatoms. The number of para-hydroxylation sites is 2. The maximum Gasteiger partial charge on any atom is 0.142 e. The highest BCUT2D eigenvalue weighted by Gasteiger charge is 2.20. The van der Waals surface area contributed by atoms with Crippen molar-refractivity contribution in [3.8, 4) is 17.2 Å². The Balaban J connectivity index is 0.00000106. The van der Waals surface area contributed by atoms with E-state index in [0.29, 0.717) is 5.56 Å². The first-order chi connectivity index (χ1) is 14.7. The molecule has 2 aromatic heterocycles. The molecule has 3 aromatic carbocycles. The highest BCUT2D eigenvalue weighted by Crippen LogP contribution is 2.42. The molecule has 2 heterocycles. The van der Waals surface area contributed by atoms with Gasteiger partial charge in [-0.1, -0.05) is 56.3 Å². The third-order valence-corrected chi connectivity index (χ3v) is 5.25. The van der Waals surface area contributed by atoms with Crippen molar-refractivity contribution < 1.29 is 8.83 Å². The van der Waals surface area contributed by atoms with Gasteiger partial charge in [0.15, 0.2) is 0 Å². The van der Waals surface area contributed by atoms with Gasteiger partial charge in [0.25, 0.3) is 0 Å². The van der Waals surface area contributed by atoms with E-state index in [4.69, 9.17) is 8.83 Å². The van der Waals surface area contributed by atoms with Crippen LogP contribution in [-0.4, -0.2) is 0 Å². The van der Waals surface area contributed by atoms with Crippen LogP contribution in [0.25, 0.3) is 50.1 Å². The van der Waals surface area contributed by atoms with Gasteiger partial charge in [-0.2, -0.15) is 5.26 Å². The number of aryl methyl sites for hydroxylation is 1. The van der Waals surface area contributed by atoms with Gasteiger partial charge in [0.2, 0.25) is 0 Å². The van der Waals surface area contributed by atoms with Crippen molar-refractivity contribution in [1.82, 2.24) is 0 Å². The molecule has 148 valence electrons. The Labute approximate surface area is 175 Å². The lowest BCUT2D eigenvalue weighted by molar-refractivity contribution is 0.602. The zero-order valence-electron chi connectivity index (χ0n) is 17.6. The summed E-state index contributed by atoms with van der Waals surface area (Å²) < 4.78 is 12.3. The van der Waals surface area contributed by atoms with Gasteiger partial charge < -0.3 is 8.83 Å². The number of fused-ring (bicyclic) bond motifs is 4. The van der Waals surface area contributed by atoms with Crippen LogP contribution in [0.2, 0.25) is 0 Å². The lowest BCUT2D eigenvalue weighted by Gasteiger charge is -2.07. The highest BCUT2D eigenvalue weighted by atomic mass is 16.3. The molecule has 0 saturated carbocycles. The van der Waals surface area contributed by atoms with Gasteiger partial charge in [0, 0.05) is 32.8 Å². The minimum absolute atomic E-state index is 0.605. The Kier molecular flexibility index (Phi) is 5.16. The van der Waals surface area contributed by atoms with E-state index in [1.807, 2.05) is 81.5 Å². The van der Waals surface area contributed by atoms with Crippen molar-refractivity contribution in [3.63, 3.8) is 0 Å². The zero-order chi connectivity index (χ0) is 21.3. The summed E-state index contributed by atoms with van der Waals surface area (Å²) in [4.78, 5) is 0. The zero-order valence-corrected chi connectivity index (χ0v) is 17.6. The first kappa shape index (κ1) is 19.5. The van der Waals surface area contributed by atoms with E-state index in [-0.39, 0.29) is 0 Å². The van der Waals surface area contributed by atoms with Gasteiger partial charge in [0.05, 0.1) is 11.6 Å². The lowest BCUT2D eigenvalue weighted by Crippen LogP contribution is -1.87. The first-order valence-electron chi connectivity index (χ1n) is 10.2. The van der Waals surface area contributed by atoms with E-state index in [0.717, 1.165) is 55.4 Å². The molecule has 0 bridgehead atoms. The first-order valence-corrected chi connectivity index (χ1v) is 10.2. The predicted octanol–water partition coefficient (Wildman–Crippen LogP) is 8.24. The van der Waals surface area contributed by atoms with Crippen molar-refractivity contribution >= 4 is 39.0 Å². The molecular weight excluding hydrogens is 370 g/mol. The summed E-state index contributed by atoms with van der Waals surface area (Å²) in [5.74, 6) is 0.840. The van der Waals surface area contributed by atoms with Crippen molar-refractivity contribution in [2.45, 2.75) is 27.7 Å². The molecule has 0 unspecified atom stereocenters. The summed E-state index contributed by atoms with van der Waals surface area (Å²) in [6.45, 7) is 8.03. The quantitative estimate of drug-likeness (QED) is 0.303. The third-order valence-electron chi connectivity index (χ3n) is 5.25. The van der Waals surface area contributed by atoms with E-state index in [2.05, 4.69) is 19.1 Å². The second-order valence-corrected chi connectivity index (χ2v) is 6.84. The number of hydrogen-bond acceptors (Lipinski definition) is 3. The Morgan fingerprint density at radius 1 is 0.867 bits per heavy atom. The molecule has 0 aliphatic rings. The van der Waals surface area contributed by atoms with Crippen molar-refractivity contribution in [2.75, 3.05) is 0 Å². The Morgan fingerprint density at radius 3 is 2.40 bits per heavy atom. The summed E-state index contributed by atoms with van der Waals surface area (Å²) in [7, 11) is 0. The molecule has 3 nitrogen and oxygen atoms in total. The molecule has 30 heavy (non-hydrogen) atoms. The van der Waals surface area contributed by atoms with Crippen LogP contribution in [0.3, 0.4) is 0 Å². The van der Waals surface area contributed by atoms with Crippen LogP contribution in [0, 0.1) is 18.3 Å². The molecule has 5 aromatic rings. The van der Waals surface area contributed by atoms with Crippen LogP contribution in [0.4, 0.5) is 0 Å². The van der Waals surface area contributed by atoms with E-state index in [9.17, 15) is 5.26 Å². The Hall–Kier alpha value is -3.77. The van der Waals surface area contributed by atoms with Gasteiger partial charge in [-0.3, -0.25) is 0 Å². The van der Waals surface area contributed by atoms with Gasteiger partial charge in [-0.25, -0.2) is 0 Å². The average molecular weight is 393 g/mol.